The number of hydrogen-bond donors (Lipinski definition) is 0. The summed E-state index contributed by atoms with van der Waals surface area (Å²) in [5.74, 6) is 10.1. The maximum atomic E-state index is 5.24. The second-order valence-corrected chi connectivity index (χ2v) is 35.2. The van der Waals surface area contributed by atoms with E-state index in [-0.39, 0.29) is 218 Å². The van der Waals surface area contributed by atoms with Crippen LogP contribution in [0.1, 0.15) is 445 Å². The van der Waals surface area contributed by atoms with Gasteiger partial charge in [0.15, 0.2) is 0 Å². The molecule has 9 fully saturated rings. The molecule has 131 heavy (non-hydrogen) atoms. The van der Waals surface area contributed by atoms with Crippen molar-refractivity contribution in [3.05, 3.63) is 225 Å². The largest absolute Gasteiger partial charge is 3.00 e. The Morgan fingerprint density at radius 2 is 0.366 bits per heavy atom. The Balaban J connectivity index is -0.0000000348. The van der Waals surface area contributed by atoms with Crippen LogP contribution in [0, 0.1) is 185 Å². The number of hydrogen-bond acceptors (Lipinski definition) is 0. The fourth-order valence-corrected chi connectivity index (χ4v) is 13.5. The second kappa shape index (κ2) is 153. The molecule has 0 spiro atoms. The molecule has 0 bridgehead atoms. The number of allylic oxidation sites excluding steroid dienone is 9. The van der Waals surface area contributed by atoms with Crippen molar-refractivity contribution in [2.24, 2.45) is 59.2 Å². The molecular weight excluding hydrogens is 2010 g/mol. The van der Waals surface area contributed by atoms with Gasteiger partial charge >= 0.3 is 151 Å². The molecule has 9 aliphatic carbocycles. The van der Waals surface area contributed by atoms with Crippen LogP contribution in [0.5, 0.6) is 0 Å². The minimum Gasteiger partial charge on any atom is -0.721 e. The van der Waals surface area contributed by atoms with E-state index in [0.717, 1.165) is 59.2 Å². The maximum absolute atomic E-state index is 5.24. The first-order valence-corrected chi connectivity index (χ1v) is 46.0. The van der Waals surface area contributed by atoms with E-state index in [1.165, 1.54) is 244 Å². The molecule has 0 aromatic heterocycles. The van der Waals surface area contributed by atoms with E-state index in [2.05, 4.69) is 117 Å². The first-order valence-electron chi connectivity index (χ1n) is 46.0. The third-order valence-corrected chi connectivity index (χ3v) is 20.6. The van der Waals surface area contributed by atoms with Gasteiger partial charge in [0.25, 0.3) is 0 Å². The smallest absolute Gasteiger partial charge is 0.721 e. The van der Waals surface area contributed by atoms with Crippen molar-refractivity contribution in [3.63, 3.8) is 0 Å². The molecule has 0 heterocycles. The molecule has 808 valence electrons. The van der Waals surface area contributed by atoms with Crippen LogP contribution >= 0.6 is 0 Å². The molecule has 9 nitrogen and oxygen atoms in total. The molecule has 0 aromatic rings. The van der Waals surface area contributed by atoms with Gasteiger partial charge in [0, 0.05) is 0 Å². The predicted molar refractivity (Wildman–Crippen MR) is 576 cm³/mol. The van der Waals surface area contributed by atoms with Crippen LogP contribution in [0.3, 0.4) is 0 Å². The van der Waals surface area contributed by atoms with Gasteiger partial charge in [0.2, 0.25) is 0 Å². The molecule has 9 saturated carbocycles. The van der Waals surface area contributed by atoms with E-state index in [9.17, 15) is 0 Å². The second-order valence-electron chi connectivity index (χ2n) is 35.2. The summed E-state index contributed by atoms with van der Waals surface area (Å²) < 4.78 is 0. The third-order valence-electron chi connectivity index (χ3n) is 20.6. The van der Waals surface area contributed by atoms with Crippen molar-refractivity contribution >= 4 is 0 Å². The average molecular weight is 2240 g/mol. The standard InChI is InChI=1S/C9H18.C8H16.2C7H14.5C6H11N.2C6H12.3C5H10.4C4H7N.9CH3.9Co/c1-6-5-7(2)9(4)8(6)3;1-7(2)8-5-3-4-6-8;2*1-2-7-5-3-4-6-7;5*1-5(2)7-6(3)4;2*1-6-4-2-3-5-6;3*1-2-4-5-3-1;4*1-4(2)5-3;;;;;;;;;;;;;;;;;;/h6-9H,5H2,1-4H3;7-8H,3-6H2,1-2H3;2*7H,2-6H2,1H3;5*1,6H,2-4H3;2*6H,2-5H2,1H3;3*1-5H2;4*1H,2-3H3;9*1H3;;;;;;;;;/q;;;;5*-2;;;;;;4*-2;9*-1;4*+2;5*+3. The summed E-state index contributed by atoms with van der Waals surface area (Å²) in [5, 5.41) is 34.2. The molecule has 4 atom stereocenters. The van der Waals surface area contributed by atoms with Crippen molar-refractivity contribution in [1.82, 2.24) is 0 Å². The SMILES string of the molecule is C1CCCC1.C1CCCC1.C1CCCC1.CC(C)C1CCCC1.CC1CC(C)C(C)C1C.CC1CCCC1.CC1CCCC1.CCC1CCCC1.CCC1CCCC1.[CH-]=C(C)[N-]C.[CH-]=C(C)[N-]C.[CH-]=C(C)[N-]C.[CH-]=C(C)[N-]C.[CH-]=C(C)[N-]C(C)C.[CH-]=C(C)[N-]C(C)C.[CH-]=C(C)[N-]C(C)C.[CH-]=C(C)[N-]C(C)C.[CH-]=C(C)[N-]C(C)C.[CH3-].[CH3-].[CH3-].[CH3-].[CH3-].[CH3-].[CH3-].[CH3-].[CH3-].[Co+2].[Co+2].[Co+2].[Co+2].[Co+3].[Co+3].[Co+3].[Co+3].[Co+3]. The van der Waals surface area contributed by atoms with Gasteiger partial charge in [-0.15, -0.1) is 58.4 Å². The Kier molecular flexibility index (Phi) is 240. The Hall–Kier alpha value is 0.418. The molecule has 0 aliphatic heterocycles. The average Bonchev–Trinajstić information content (AvgIpc) is 1.72. The van der Waals surface area contributed by atoms with Crippen LogP contribution in [0.15, 0.2) is 51.3 Å². The Labute approximate surface area is 929 Å². The Morgan fingerprint density at radius 1 is 0.237 bits per heavy atom. The van der Waals surface area contributed by atoms with Crippen molar-refractivity contribution in [3.8, 4) is 0 Å². The molecule has 0 aromatic carbocycles. The monoisotopic (exact) mass is 2240 g/mol. The summed E-state index contributed by atoms with van der Waals surface area (Å²) in [7, 11) is 6.65. The number of rotatable bonds is 17. The van der Waals surface area contributed by atoms with Crippen LogP contribution in [-0.2, 0) is 151 Å². The molecular formula is C113H226Co9N9-4. The van der Waals surface area contributed by atoms with Gasteiger partial charge < -0.3 is 225 Å². The van der Waals surface area contributed by atoms with Gasteiger partial charge in [-0.3, -0.25) is 0 Å². The molecule has 9 rings (SSSR count). The van der Waals surface area contributed by atoms with Crippen LogP contribution in [-0.4, -0.2) is 58.4 Å². The quantitative estimate of drug-likeness (QED) is 0.129. The summed E-state index contributed by atoms with van der Waals surface area (Å²) in [6, 6.07) is 1.69. The molecule has 4 radical (unpaired) electrons. The zero-order chi connectivity index (χ0) is 89.1. The third kappa shape index (κ3) is 205. The number of nitrogens with zero attached hydrogens (tertiary/aromatic N) is 9. The van der Waals surface area contributed by atoms with Crippen LogP contribution < -0.4 is 0 Å². The van der Waals surface area contributed by atoms with Gasteiger partial charge in [0.1, 0.15) is 0 Å². The maximum Gasteiger partial charge on any atom is 3.00 e. The first-order chi connectivity index (χ1) is 52.8. The van der Waals surface area contributed by atoms with Crippen molar-refractivity contribution in [1.29, 1.82) is 0 Å². The normalized spacial score (nSPS) is 16.1. The Morgan fingerprint density at radius 3 is 0.420 bits per heavy atom. The van der Waals surface area contributed by atoms with E-state index in [4.69, 9.17) is 59.2 Å². The van der Waals surface area contributed by atoms with Crippen molar-refractivity contribution < 1.29 is 151 Å². The molecule has 0 N–H and O–H groups in total. The summed E-state index contributed by atoms with van der Waals surface area (Å²) in [6.07, 6.45) is 56.7. The summed E-state index contributed by atoms with van der Waals surface area (Å²) >= 11 is 0. The molecule has 18 heteroatoms. The zero-order valence-electron chi connectivity index (χ0n) is 94.3. The van der Waals surface area contributed by atoms with E-state index in [1.54, 1.807) is 90.5 Å². The molecule has 0 saturated heterocycles. The van der Waals surface area contributed by atoms with Gasteiger partial charge in [-0.1, -0.05) is 438 Å². The minimum atomic E-state index is 0. The van der Waals surface area contributed by atoms with Crippen LogP contribution in [0.4, 0.5) is 0 Å². The fourth-order valence-electron chi connectivity index (χ4n) is 13.5. The van der Waals surface area contributed by atoms with Gasteiger partial charge in [-0.2, -0.15) is 0 Å². The van der Waals surface area contributed by atoms with Gasteiger partial charge in [-0.25, -0.2) is 0 Å². The zero-order valence-corrected chi connectivity index (χ0v) is 104. The van der Waals surface area contributed by atoms with Gasteiger partial charge in [-0.05, 0) is 65.6 Å². The summed E-state index contributed by atoms with van der Waals surface area (Å²) in [6.45, 7) is 106. The van der Waals surface area contributed by atoms with E-state index in [1.807, 2.05) is 69.2 Å². The predicted octanol–water partition coefficient (Wildman–Crippen LogP) is 41.0. The fraction of sp³-hybridized carbons (Fsp3) is 0.761. The van der Waals surface area contributed by atoms with Crippen LogP contribution in [0.2, 0.25) is 0 Å². The van der Waals surface area contributed by atoms with Gasteiger partial charge in [0.05, 0.1) is 0 Å². The van der Waals surface area contributed by atoms with E-state index < -0.39 is 0 Å². The molecule has 4 unspecified atom stereocenters. The summed E-state index contributed by atoms with van der Waals surface area (Å²) in [4.78, 5) is 0. The van der Waals surface area contributed by atoms with Crippen LogP contribution in [0.25, 0.3) is 47.9 Å². The summed E-state index contributed by atoms with van der Waals surface area (Å²) in [5.41, 5.74) is 5.83. The topological polar surface area (TPSA) is 127 Å². The molecule has 0 amide bonds. The van der Waals surface area contributed by atoms with Crippen molar-refractivity contribution in [2.75, 3.05) is 28.2 Å². The van der Waals surface area contributed by atoms with E-state index in [0.29, 0.717) is 81.5 Å². The molecule has 9 aliphatic rings. The van der Waals surface area contributed by atoms with E-state index >= 15 is 0 Å². The van der Waals surface area contributed by atoms with Crippen molar-refractivity contribution in [2.45, 2.75) is 475 Å². The first kappa shape index (κ1) is 205. The minimum absolute atomic E-state index is 0. The Bertz CT molecular complexity index is 1840.